The molecule has 0 aromatic heterocycles. The minimum absolute atomic E-state index is 0.0174. The van der Waals surface area contributed by atoms with Crippen LogP contribution in [0.5, 0.6) is 17.2 Å². The SMILES string of the molecule is CCOc1cc(/C=C2\SC(=O)N(CC(=O)Nc3cc(C(F)(F)F)ccc3OC)C2=O)cc(Br)c1OCc1ccc(F)cc1. The lowest BCUT2D eigenvalue weighted by Gasteiger charge is -2.16. The highest BCUT2D eigenvalue weighted by molar-refractivity contribution is 9.10. The molecule has 1 saturated heterocycles. The van der Waals surface area contributed by atoms with Crippen LogP contribution in [0.3, 0.4) is 0 Å². The van der Waals surface area contributed by atoms with E-state index in [0.29, 0.717) is 50.9 Å². The number of imide groups is 1. The number of hydrogen-bond acceptors (Lipinski definition) is 7. The molecule has 1 N–H and O–H groups in total. The maximum Gasteiger partial charge on any atom is 0.416 e. The van der Waals surface area contributed by atoms with Gasteiger partial charge < -0.3 is 19.5 Å². The van der Waals surface area contributed by atoms with Gasteiger partial charge >= 0.3 is 6.18 Å². The van der Waals surface area contributed by atoms with Crippen LogP contribution < -0.4 is 19.5 Å². The number of carbonyl (C=O) groups is 3. The molecular weight excluding hydrogens is 660 g/mol. The summed E-state index contributed by atoms with van der Waals surface area (Å²) in [7, 11) is 1.22. The molecule has 1 aliphatic heterocycles. The molecule has 0 aliphatic carbocycles. The van der Waals surface area contributed by atoms with Crippen molar-refractivity contribution in [2.24, 2.45) is 0 Å². The largest absolute Gasteiger partial charge is 0.495 e. The summed E-state index contributed by atoms with van der Waals surface area (Å²) in [5.41, 5.74) is -0.0702. The second-order valence-corrected chi connectivity index (χ2v) is 10.8. The summed E-state index contributed by atoms with van der Waals surface area (Å²) >= 11 is 4.04. The standard InChI is InChI=1S/C29H23BrF4N2O6S/c1-3-41-23-11-17(10-20(30)26(23)42-15-16-4-7-19(31)8-5-16)12-24-27(38)36(28(39)43-24)14-25(37)35-21-13-18(29(32,33)34)6-9-22(21)40-2/h4-13H,3,14-15H2,1-2H3,(H,35,37)/b24-12-. The van der Waals surface area contributed by atoms with E-state index in [4.69, 9.17) is 14.2 Å². The molecule has 226 valence electrons. The Balaban J connectivity index is 1.49. The molecule has 3 aromatic carbocycles. The van der Waals surface area contributed by atoms with Gasteiger partial charge in [0.15, 0.2) is 11.5 Å². The zero-order chi connectivity index (χ0) is 31.3. The first-order chi connectivity index (χ1) is 20.4. The van der Waals surface area contributed by atoms with Crippen LogP contribution >= 0.6 is 27.7 Å². The molecule has 1 aliphatic rings. The van der Waals surface area contributed by atoms with E-state index in [1.807, 2.05) is 0 Å². The van der Waals surface area contributed by atoms with Gasteiger partial charge in [-0.15, -0.1) is 0 Å². The van der Waals surface area contributed by atoms with Gasteiger partial charge in [-0.2, -0.15) is 13.2 Å². The van der Waals surface area contributed by atoms with Crippen molar-refractivity contribution in [2.75, 3.05) is 25.6 Å². The van der Waals surface area contributed by atoms with Crippen LogP contribution in [0.1, 0.15) is 23.6 Å². The predicted octanol–water partition coefficient (Wildman–Crippen LogP) is 7.27. The quantitative estimate of drug-likeness (QED) is 0.178. The van der Waals surface area contributed by atoms with Gasteiger partial charge in [0, 0.05) is 0 Å². The van der Waals surface area contributed by atoms with Crippen molar-refractivity contribution in [1.29, 1.82) is 0 Å². The lowest BCUT2D eigenvalue weighted by molar-refractivity contribution is -0.137. The maximum absolute atomic E-state index is 13.2. The van der Waals surface area contributed by atoms with Crippen molar-refractivity contribution in [3.05, 3.63) is 86.5 Å². The molecule has 8 nitrogen and oxygen atoms in total. The first-order valence-corrected chi connectivity index (χ1v) is 14.1. The molecule has 0 radical (unpaired) electrons. The number of methoxy groups -OCH3 is 1. The summed E-state index contributed by atoms with van der Waals surface area (Å²) in [5, 5.41) is 1.54. The number of alkyl halides is 3. The lowest BCUT2D eigenvalue weighted by atomic mass is 10.1. The topological polar surface area (TPSA) is 94.2 Å². The van der Waals surface area contributed by atoms with Crippen molar-refractivity contribution < 1.29 is 46.2 Å². The van der Waals surface area contributed by atoms with Crippen LogP contribution in [-0.4, -0.2) is 42.2 Å². The summed E-state index contributed by atoms with van der Waals surface area (Å²) in [4.78, 5) is 39.0. The van der Waals surface area contributed by atoms with Gasteiger partial charge in [-0.3, -0.25) is 19.3 Å². The monoisotopic (exact) mass is 682 g/mol. The third kappa shape index (κ3) is 7.87. The highest BCUT2D eigenvalue weighted by Crippen LogP contribution is 2.40. The maximum atomic E-state index is 13.2. The van der Waals surface area contributed by atoms with E-state index in [9.17, 15) is 31.9 Å². The van der Waals surface area contributed by atoms with Gasteiger partial charge in [0.25, 0.3) is 11.1 Å². The Hall–Kier alpha value is -4.04. The lowest BCUT2D eigenvalue weighted by Crippen LogP contribution is -2.36. The highest BCUT2D eigenvalue weighted by Gasteiger charge is 2.37. The normalized spacial score (nSPS) is 14.3. The minimum atomic E-state index is -4.66. The average Bonchev–Trinajstić information content (AvgIpc) is 3.20. The van der Waals surface area contributed by atoms with Gasteiger partial charge in [-0.25, -0.2) is 4.39 Å². The highest BCUT2D eigenvalue weighted by atomic mass is 79.9. The zero-order valence-electron chi connectivity index (χ0n) is 22.6. The van der Waals surface area contributed by atoms with Gasteiger partial charge in [0.1, 0.15) is 24.7 Å². The van der Waals surface area contributed by atoms with E-state index >= 15 is 0 Å². The Morgan fingerprint density at radius 3 is 2.42 bits per heavy atom. The number of rotatable bonds is 10. The van der Waals surface area contributed by atoms with Gasteiger partial charge in [0.05, 0.1) is 34.3 Å². The van der Waals surface area contributed by atoms with Crippen LogP contribution in [0, 0.1) is 5.82 Å². The smallest absolute Gasteiger partial charge is 0.416 e. The van der Waals surface area contributed by atoms with Crippen molar-refractivity contribution in [3.63, 3.8) is 0 Å². The number of carbonyl (C=O) groups excluding carboxylic acids is 3. The Labute approximate surface area is 256 Å². The number of halogens is 5. The number of benzene rings is 3. The second kappa shape index (κ2) is 13.5. The van der Waals surface area contributed by atoms with Gasteiger partial charge in [0.2, 0.25) is 5.91 Å². The van der Waals surface area contributed by atoms with Gasteiger partial charge in [-0.05, 0) is 94.3 Å². The summed E-state index contributed by atoms with van der Waals surface area (Å²) in [5.74, 6) is -1.34. The van der Waals surface area contributed by atoms with Crippen LogP contribution in [0.25, 0.3) is 6.08 Å². The van der Waals surface area contributed by atoms with Crippen LogP contribution in [0.15, 0.2) is 64.0 Å². The Morgan fingerprint density at radius 1 is 1.05 bits per heavy atom. The first-order valence-electron chi connectivity index (χ1n) is 12.5. The number of ether oxygens (including phenoxy) is 3. The van der Waals surface area contributed by atoms with E-state index in [0.717, 1.165) is 17.7 Å². The molecular formula is C29H23BrF4N2O6S. The number of nitrogens with zero attached hydrogens (tertiary/aromatic N) is 1. The van der Waals surface area contributed by atoms with Crippen molar-refractivity contribution in [3.8, 4) is 17.2 Å². The van der Waals surface area contributed by atoms with E-state index in [2.05, 4.69) is 21.2 Å². The second-order valence-electron chi connectivity index (χ2n) is 8.91. The fourth-order valence-electron chi connectivity index (χ4n) is 3.91. The van der Waals surface area contributed by atoms with Crippen molar-refractivity contribution in [1.82, 2.24) is 4.90 Å². The van der Waals surface area contributed by atoms with E-state index in [-0.39, 0.29) is 28.8 Å². The summed E-state index contributed by atoms with van der Waals surface area (Å²) < 4.78 is 69.7. The number of nitrogens with one attached hydrogen (secondary N) is 1. The number of amides is 3. The Bertz CT molecular complexity index is 1580. The molecule has 0 saturated carbocycles. The first kappa shape index (κ1) is 31.9. The molecule has 0 atom stereocenters. The number of hydrogen-bond donors (Lipinski definition) is 1. The molecule has 3 aromatic rings. The summed E-state index contributed by atoms with van der Waals surface area (Å²) in [6, 6.07) is 11.6. The Morgan fingerprint density at radius 2 is 1.77 bits per heavy atom. The molecule has 1 heterocycles. The Kier molecular flexibility index (Phi) is 10.0. The predicted molar refractivity (Wildman–Crippen MR) is 155 cm³/mol. The van der Waals surface area contributed by atoms with Crippen molar-refractivity contribution >= 4 is 56.5 Å². The fourth-order valence-corrected chi connectivity index (χ4v) is 5.33. The molecule has 0 spiro atoms. The molecule has 3 amide bonds. The van der Waals surface area contributed by atoms with E-state index < -0.39 is 35.3 Å². The average molecular weight is 683 g/mol. The molecule has 14 heteroatoms. The van der Waals surface area contributed by atoms with E-state index in [1.165, 1.54) is 25.3 Å². The minimum Gasteiger partial charge on any atom is -0.495 e. The van der Waals surface area contributed by atoms with Crippen molar-refractivity contribution in [2.45, 2.75) is 19.7 Å². The zero-order valence-corrected chi connectivity index (χ0v) is 25.0. The molecule has 4 rings (SSSR count). The number of anilines is 1. The third-order valence-corrected chi connectivity index (χ3v) is 7.40. The van der Waals surface area contributed by atoms with E-state index in [1.54, 1.807) is 31.2 Å². The molecule has 0 bridgehead atoms. The summed E-state index contributed by atoms with van der Waals surface area (Å²) in [6.07, 6.45) is -3.22. The molecule has 43 heavy (non-hydrogen) atoms. The fraction of sp³-hybridized carbons (Fsp3) is 0.207. The van der Waals surface area contributed by atoms with Gasteiger partial charge in [-0.1, -0.05) is 12.1 Å². The third-order valence-electron chi connectivity index (χ3n) is 5.90. The molecule has 0 unspecified atom stereocenters. The molecule has 1 fully saturated rings. The van der Waals surface area contributed by atoms with Crippen LogP contribution in [0.4, 0.5) is 28.0 Å². The van der Waals surface area contributed by atoms with Crippen LogP contribution in [0.2, 0.25) is 0 Å². The summed E-state index contributed by atoms with van der Waals surface area (Å²) in [6.45, 7) is 1.47. The number of thioether (sulfide) groups is 1. The van der Waals surface area contributed by atoms with Crippen LogP contribution in [-0.2, 0) is 22.4 Å².